The molecule has 0 spiro atoms. The number of thiophene rings is 1. The summed E-state index contributed by atoms with van der Waals surface area (Å²) in [5.74, 6) is 0.763. The van der Waals surface area contributed by atoms with Crippen molar-refractivity contribution < 1.29 is 9.21 Å². The molecule has 0 atom stereocenters. The fourth-order valence-corrected chi connectivity index (χ4v) is 5.33. The Morgan fingerprint density at radius 2 is 2.18 bits per heavy atom. The van der Waals surface area contributed by atoms with E-state index in [9.17, 15) is 9.59 Å². The molecule has 0 saturated heterocycles. The summed E-state index contributed by atoms with van der Waals surface area (Å²) in [5, 5.41) is 3.26. The van der Waals surface area contributed by atoms with E-state index in [1.54, 1.807) is 36.6 Å². The third-order valence-electron chi connectivity index (χ3n) is 3.98. The van der Waals surface area contributed by atoms with E-state index in [4.69, 9.17) is 16.0 Å². The highest BCUT2D eigenvalue weighted by atomic mass is 79.9. The van der Waals surface area contributed by atoms with Crippen molar-refractivity contribution in [3.05, 3.63) is 78.5 Å². The van der Waals surface area contributed by atoms with Gasteiger partial charge in [-0.1, -0.05) is 23.4 Å². The number of aromatic nitrogens is 2. The van der Waals surface area contributed by atoms with Gasteiger partial charge in [-0.15, -0.1) is 11.3 Å². The molecule has 5 nitrogen and oxygen atoms in total. The molecule has 0 radical (unpaired) electrons. The van der Waals surface area contributed by atoms with Gasteiger partial charge < -0.3 is 4.42 Å². The van der Waals surface area contributed by atoms with Crippen molar-refractivity contribution >= 4 is 67.3 Å². The summed E-state index contributed by atoms with van der Waals surface area (Å²) in [6.07, 6.45) is 1.55. The van der Waals surface area contributed by atoms with Gasteiger partial charge in [0.15, 0.2) is 10.9 Å². The summed E-state index contributed by atoms with van der Waals surface area (Å²) in [6, 6.07) is 10.4. The van der Waals surface area contributed by atoms with E-state index in [1.165, 1.54) is 27.7 Å². The highest BCUT2D eigenvalue weighted by molar-refractivity contribution is 9.10. The number of ketones is 1. The topological polar surface area (TPSA) is 65.1 Å². The zero-order chi connectivity index (χ0) is 19.7. The summed E-state index contributed by atoms with van der Waals surface area (Å²) in [6.45, 7) is 0.233. The molecule has 1 aromatic carbocycles. The molecular weight excluding hydrogens is 484 g/mol. The lowest BCUT2D eigenvalue weighted by atomic mass is 10.2. The number of halogens is 2. The second-order valence-corrected chi connectivity index (χ2v) is 8.99. The summed E-state index contributed by atoms with van der Waals surface area (Å²) < 4.78 is 7.69. The summed E-state index contributed by atoms with van der Waals surface area (Å²) in [4.78, 5) is 30.8. The van der Waals surface area contributed by atoms with Gasteiger partial charge >= 0.3 is 0 Å². The Morgan fingerprint density at radius 1 is 1.32 bits per heavy atom. The van der Waals surface area contributed by atoms with Gasteiger partial charge in [0.1, 0.15) is 5.76 Å². The van der Waals surface area contributed by atoms with Crippen LogP contribution in [-0.4, -0.2) is 21.1 Å². The lowest BCUT2D eigenvalue weighted by Gasteiger charge is -2.12. The van der Waals surface area contributed by atoms with Gasteiger partial charge in [-0.3, -0.25) is 14.2 Å². The van der Waals surface area contributed by atoms with Crippen LogP contribution in [0, 0.1) is 0 Å². The number of hydrogen-bond donors (Lipinski definition) is 0. The Kier molecular flexibility index (Phi) is 5.73. The molecule has 0 unspecified atom stereocenters. The largest absolute Gasteiger partial charge is 0.467 e. The first kappa shape index (κ1) is 19.4. The minimum Gasteiger partial charge on any atom is -0.467 e. The van der Waals surface area contributed by atoms with Gasteiger partial charge in [-0.25, -0.2) is 4.98 Å². The van der Waals surface area contributed by atoms with Gasteiger partial charge in [0, 0.05) is 9.50 Å². The number of Topliss-reactive ketones (excluding diaryl/α,β-unsaturated/α-hetero) is 1. The van der Waals surface area contributed by atoms with E-state index < -0.39 is 0 Å². The Balaban J connectivity index is 1.73. The van der Waals surface area contributed by atoms with Gasteiger partial charge in [-0.2, -0.15) is 0 Å². The standard InChI is InChI=1S/C19H12BrClN2O3S2/c20-14-5-7-27-17(14)16(24)10-28-19-22-15-8-11(21)3-4-13(15)18(25)23(19)9-12-2-1-6-26-12/h1-8H,9-10H2. The van der Waals surface area contributed by atoms with Crippen LogP contribution in [0.5, 0.6) is 0 Å². The summed E-state index contributed by atoms with van der Waals surface area (Å²) in [5.41, 5.74) is 0.297. The molecule has 0 aliphatic rings. The van der Waals surface area contributed by atoms with E-state index in [2.05, 4.69) is 20.9 Å². The molecule has 9 heteroatoms. The van der Waals surface area contributed by atoms with Crippen LogP contribution in [0.25, 0.3) is 10.9 Å². The Labute approximate surface area is 181 Å². The molecule has 0 fully saturated rings. The number of rotatable bonds is 6. The molecule has 0 aliphatic carbocycles. The van der Waals surface area contributed by atoms with E-state index in [0.717, 1.165) is 4.47 Å². The minimum atomic E-state index is -0.203. The lowest BCUT2D eigenvalue weighted by Crippen LogP contribution is -2.24. The summed E-state index contributed by atoms with van der Waals surface area (Å²) >= 11 is 12.0. The molecule has 0 N–H and O–H groups in total. The predicted octanol–water partition coefficient (Wildman–Crippen LogP) is 5.49. The van der Waals surface area contributed by atoms with Crippen LogP contribution >= 0.6 is 50.6 Å². The quantitative estimate of drug-likeness (QED) is 0.201. The van der Waals surface area contributed by atoms with Crippen molar-refractivity contribution in [2.75, 3.05) is 5.75 Å². The molecule has 0 aliphatic heterocycles. The molecule has 4 aromatic rings. The number of nitrogens with zero attached hydrogens (tertiary/aromatic N) is 2. The van der Waals surface area contributed by atoms with Crippen molar-refractivity contribution in [1.29, 1.82) is 0 Å². The predicted molar refractivity (Wildman–Crippen MR) is 116 cm³/mol. The van der Waals surface area contributed by atoms with Gasteiger partial charge in [-0.05, 0) is 57.7 Å². The van der Waals surface area contributed by atoms with E-state index in [1.807, 2.05) is 11.4 Å². The molecule has 142 valence electrons. The van der Waals surface area contributed by atoms with Gasteiger partial charge in [0.2, 0.25) is 0 Å². The Bertz CT molecular complexity index is 1220. The molecule has 4 rings (SSSR count). The van der Waals surface area contributed by atoms with Gasteiger partial charge in [0.05, 0.1) is 34.3 Å². The third-order valence-corrected chi connectivity index (χ3v) is 7.07. The first-order valence-electron chi connectivity index (χ1n) is 8.14. The van der Waals surface area contributed by atoms with E-state index in [-0.39, 0.29) is 23.6 Å². The second kappa shape index (κ2) is 8.24. The zero-order valence-corrected chi connectivity index (χ0v) is 18.2. The number of thioether (sulfide) groups is 1. The molecule has 3 aromatic heterocycles. The molecule has 0 amide bonds. The van der Waals surface area contributed by atoms with Crippen molar-refractivity contribution in [2.45, 2.75) is 11.7 Å². The number of carbonyl (C=O) groups excluding carboxylic acids is 1. The number of carbonyl (C=O) groups is 1. The number of hydrogen-bond acceptors (Lipinski definition) is 6. The molecular formula is C19H12BrClN2O3S2. The first-order valence-corrected chi connectivity index (χ1v) is 11.2. The molecule has 28 heavy (non-hydrogen) atoms. The molecule has 0 bridgehead atoms. The zero-order valence-electron chi connectivity index (χ0n) is 14.2. The molecule has 0 saturated carbocycles. The molecule has 3 heterocycles. The smallest absolute Gasteiger partial charge is 0.262 e. The monoisotopic (exact) mass is 494 g/mol. The van der Waals surface area contributed by atoms with Crippen LogP contribution < -0.4 is 5.56 Å². The fourth-order valence-electron chi connectivity index (χ4n) is 2.67. The third kappa shape index (κ3) is 3.96. The first-order chi connectivity index (χ1) is 13.5. The van der Waals surface area contributed by atoms with Crippen LogP contribution in [-0.2, 0) is 6.54 Å². The second-order valence-electron chi connectivity index (χ2n) is 5.84. The van der Waals surface area contributed by atoms with Crippen LogP contribution in [0.1, 0.15) is 15.4 Å². The summed E-state index contributed by atoms with van der Waals surface area (Å²) in [7, 11) is 0. The van der Waals surface area contributed by atoms with E-state index in [0.29, 0.717) is 31.7 Å². The normalized spacial score (nSPS) is 11.2. The Morgan fingerprint density at radius 3 is 2.89 bits per heavy atom. The SMILES string of the molecule is O=C(CSc1nc2cc(Cl)ccc2c(=O)n1Cc1ccco1)c1sccc1Br. The highest BCUT2D eigenvalue weighted by Crippen LogP contribution is 2.27. The maximum absolute atomic E-state index is 13.0. The van der Waals surface area contributed by atoms with Gasteiger partial charge in [0.25, 0.3) is 5.56 Å². The minimum absolute atomic E-state index is 0.0307. The van der Waals surface area contributed by atoms with Crippen molar-refractivity contribution in [3.8, 4) is 0 Å². The van der Waals surface area contributed by atoms with Crippen LogP contribution in [0.3, 0.4) is 0 Å². The number of fused-ring (bicyclic) bond motifs is 1. The average molecular weight is 496 g/mol. The van der Waals surface area contributed by atoms with Crippen LogP contribution in [0.4, 0.5) is 0 Å². The van der Waals surface area contributed by atoms with Crippen LogP contribution in [0.15, 0.2) is 66.9 Å². The Hall–Kier alpha value is -1.87. The van der Waals surface area contributed by atoms with Crippen molar-refractivity contribution in [1.82, 2.24) is 9.55 Å². The van der Waals surface area contributed by atoms with Crippen molar-refractivity contribution in [3.63, 3.8) is 0 Å². The highest BCUT2D eigenvalue weighted by Gasteiger charge is 2.17. The average Bonchev–Trinajstić information content (AvgIpc) is 3.33. The maximum atomic E-state index is 13.0. The fraction of sp³-hybridized carbons (Fsp3) is 0.105. The van der Waals surface area contributed by atoms with Crippen LogP contribution in [0.2, 0.25) is 5.02 Å². The number of furan rings is 1. The van der Waals surface area contributed by atoms with E-state index >= 15 is 0 Å². The maximum Gasteiger partial charge on any atom is 0.262 e. The number of benzene rings is 1. The lowest BCUT2D eigenvalue weighted by molar-refractivity contribution is 0.102. The van der Waals surface area contributed by atoms with Crippen molar-refractivity contribution in [2.24, 2.45) is 0 Å².